The highest BCUT2D eigenvalue weighted by Gasteiger charge is 2.36. The molecule has 0 spiro atoms. The van der Waals surface area contributed by atoms with Gasteiger partial charge in [0.2, 0.25) is 5.91 Å². The molecule has 3 heterocycles. The molecule has 1 aromatic heterocycles. The molecule has 0 bridgehead atoms. The number of hydrogen-bond donors (Lipinski definition) is 0. The highest BCUT2D eigenvalue weighted by Crippen LogP contribution is 2.19. The minimum atomic E-state index is -0.403. The fourth-order valence-electron chi connectivity index (χ4n) is 3.27. The van der Waals surface area contributed by atoms with Crippen molar-refractivity contribution in [3.05, 3.63) is 23.5 Å². The Labute approximate surface area is 147 Å². The Morgan fingerprint density at radius 1 is 1.08 bits per heavy atom. The molecule has 2 fully saturated rings. The molecule has 0 radical (unpaired) electrons. The number of carbonyl (C=O) groups excluding carboxylic acids is 3. The highest BCUT2D eigenvalue weighted by molar-refractivity contribution is 6.04. The lowest BCUT2D eigenvalue weighted by Crippen LogP contribution is -2.52. The second kappa shape index (κ2) is 6.70. The first-order valence-electron chi connectivity index (χ1n) is 8.38. The van der Waals surface area contributed by atoms with Gasteiger partial charge in [0.1, 0.15) is 13.1 Å². The molecule has 2 saturated heterocycles. The summed E-state index contributed by atoms with van der Waals surface area (Å²) in [5.74, 6) is -0.499. The Kier molecular flexibility index (Phi) is 4.61. The van der Waals surface area contributed by atoms with E-state index in [9.17, 15) is 14.4 Å². The van der Waals surface area contributed by atoms with E-state index in [0.29, 0.717) is 13.1 Å². The van der Waals surface area contributed by atoms with E-state index in [1.165, 1.54) is 4.90 Å². The van der Waals surface area contributed by atoms with E-state index in [2.05, 4.69) is 9.88 Å². The molecule has 25 heavy (non-hydrogen) atoms. The molecular formula is C17H23N5O3. The molecule has 4 amide bonds. The number of urea groups is 1. The van der Waals surface area contributed by atoms with Gasteiger partial charge in [0, 0.05) is 50.3 Å². The van der Waals surface area contributed by atoms with Crippen LogP contribution in [0.15, 0.2) is 12.1 Å². The largest absolute Gasteiger partial charge is 0.368 e. The van der Waals surface area contributed by atoms with E-state index >= 15 is 0 Å². The number of amides is 4. The van der Waals surface area contributed by atoms with Crippen LogP contribution < -0.4 is 4.90 Å². The van der Waals surface area contributed by atoms with Crippen LogP contribution in [0, 0.1) is 13.8 Å². The summed E-state index contributed by atoms with van der Waals surface area (Å²) in [5.41, 5.74) is 3.07. The zero-order chi connectivity index (χ0) is 18.1. The highest BCUT2D eigenvalue weighted by atomic mass is 16.2. The topological polar surface area (TPSA) is 77.1 Å². The number of carbonyl (C=O) groups is 3. The van der Waals surface area contributed by atoms with Gasteiger partial charge in [-0.05, 0) is 26.0 Å². The molecular weight excluding hydrogens is 322 g/mol. The van der Waals surface area contributed by atoms with E-state index in [-0.39, 0.29) is 24.9 Å². The first-order chi connectivity index (χ1) is 11.8. The summed E-state index contributed by atoms with van der Waals surface area (Å²) in [6.07, 6.45) is 0. The lowest BCUT2D eigenvalue weighted by Gasteiger charge is -2.36. The lowest BCUT2D eigenvalue weighted by molar-refractivity contribution is -0.136. The second-order valence-electron chi connectivity index (χ2n) is 6.59. The van der Waals surface area contributed by atoms with Gasteiger partial charge < -0.3 is 14.7 Å². The summed E-state index contributed by atoms with van der Waals surface area (Å²) >= 11 is 0. The molecule has 0 aromatic carbocycles. The van der Waals surface area contributed by atoms with Crippen LogP contribution >= 0.6 is 0 Å². The zero-order valence-corrected chi connectivity index (χ0v) is 14.9. The number of anilines is 1. The van der Waals surface area contributed by atoms with Crippen LogP contribution in [-0.2, 0) is 9.59 Å². The molecule has 2 aliphatic heterocycles. The smallest absolute Gasteiger partial charge is 0.327 e. The van der Waals surface area contributed by atoms with Crippen LogP contribution in [0.2, 0.25) is 0 Å². The summed E-state index contributed by atoms with van der Waals surface area (Å²) < 4.78 is 0. The number of aromatic nitrogens is 1. The first kappa shape index (κ1) is 17.2. The Balaban J connectivity index is 1.57. The van der Waals surface area contributed by atoms with E-state index < -0.39 is 6.03 Å². The minimum absolute atomic E-state index is 0.0423. The van der Waals surface area contributed by atoms with Crippen LogP contribution in [0.3, 0.4) is 0 Å². The lowest BCUT2D eigenvalue weighted by atomic mass is 10.2. The Bertz CT molecular complexity index is 692. The fraction of sp³-hybridized carbons (Fsp3) is 0.529. The monoisotopic (exact) mass is 345 g/mol. The van der Waals surface area contributed by atoms with Crippen molar-refractivity contribution in [2.75, 3.05) is 51.2 Å². The van der Waals surface area contributed by atoms with Gasteiger partial charge in [-0.15, -0.1) is 0 Å². The van der Waals surface area contributed by atoms with Crippen molar-refractivity contribution in [3.63, 3.8) is 0 Å². The molecule has 0 atom stereocenters. The summed E-state index contributed by atoms with van der Waals surface area (Å²) in [6, 6.07) is 3.68. The summed E-state index contributed by atoms with van der Waals surface area (Å²) in [6.45, 7) is 6.40. The molecule has 8 nitrogen and oxygen atoms in total. The number of pyridine rings is 1. The number of hydrogen-bond acceptors (Lipinski definition) is 5. The van der Waals surface area contributed by atoms with Crippen molar-refractivity contribution < 1.29 is 14.4 Å². The van der Waals surface area contributed by atoms with Crippen molar-refractivity contribution >= 4 is 23.5 Å². The Hall–Kier alpha value is -2.64. The summed E-state index contributed by atoms with van der Waals surface area (Å²) in [5, 5.41) is 0. The van der Waals surface area contributed by atoms with Crippen LogP contribution in [-0.4, -0.2) is 83.8 Å². The number of rotatable bonds is 3. The molecule has 0 N–H and O–H groups in total. The third kappa shape index (κ3) is 3.57. The standard InChI is InChI=1S/C17H23N5O3/c1-12-8-14(9-13(2)18-12)20-4-6-21(7-5-20)15(23)11-22-16(24)10-19(3)17(22)25/h8-9H,4-7,10-11H2,1-3H3. The number of aryl methyl sites for hydroxylation is 2. The average Bonchev–Trinajstić information content (AvgIpc) is 2.80. The SMILES string of the molecule is Cc1cc(N2CCN(C(=O)CN3C(=O)CN(C)C3=O)CC2)cc(C)n1. The summed E-state index contributed by atoms with van der Waals surface area (Å²) in [4.78, 5) is 46.8. The van der Waals surface area contributed by atoms with E-state index in [1.807, 2.05) is 26.0 Å². The van der Waals surface area contributed by atoms with Gasteiger partial charge in [0.15, 0.2) is 0 Å². The van der Waals surface area contributed by atoms with Crippen molar-refractivity contribution in [2.45, 2.75) is 13.8 Å². The molecule has 0 saturated carbocycles. The van der Waals surface area contributed by atoms with Gasteiger partial charge in [0.25, 0.3) is 5.91 Å². The van der Waals surface area contributed by atoms with E-state index in [4.69, 9.17) is 0 Å². The number of nitrogens with zero attached hydrogens (tertiary/aromatic N) is 5. The van der Waals surface area contributed by atoms with Crippen molar-refractivity contribution in [1.29, 1.82) is 0 Å². The minimum Gasteiger partial charge on any atom is -0.368 e. The molecule has 0 unspecified atom stereocenters. The van der Waals surface area contributed by atoms with Gasteiger partial charge in [0.05, 0.1) is 0 Å². The predicted octanol–water partition coefficient (Wildman–Crippen LogP) is 0.241. The maximum absolute atomic E-state index is 12.4. The molecule has 8 heteroatoms. The quantitative estimate of drug-likeness (QED) is 0.734. The van der Waals surface area contributed by atoms with Crippen LogP contribution in [0.5, 0.6) is 0 Å². The molecule has 134 valence electrons. The van der Waals surface area contributed by atoms with Crippen LogP contribution in [0.1, 0.15) is 11.4 Å². The van der Waals surface area contributed by atoms with Gasteiger partial charge in [-0.1, -0.05) is 0 Å². The van der Waals surface area contributed by atoms with Crippen LogP contribution in [0.4, 0.5) is 10.5 Å². The maximum Gasteiger partial charge on any atom is 0.327 e. The zero-order valence-electron chi connectivity index (χ0n) is 14.9. The van der Waals surface area contributed by atoms with Gasteiger partial charge in [-0.2, -0.15) is 0 Å². The third-order valence-corrected chi connectivity index (χ3v) is 4.59. The Morgan fingerprint density at radius 2 is 1.68 bits per heavy atom. The van der Waals surface area contributed by atoms with Gasteiger partial charge in [-0.25, -0.2) is 4.79 Å². The normalized spacial score (nSPS) is 18.4. The second-order valence-corrected chi connectivity index (χ2v) is 6.59. The van der Waals surface area contributed by atoms with E-state index in [0.717, 1.165) is 35.1 Å². The van der Waals surface area contributed by atoms with Crippen molar-refractivity contribution in [1.82, 2.24) is 19.7 Å². The Morgan fingerprint density at radius 3 is 2.20 bits per heavy atom. The molecule has 1 aromatic rings. The first-order valence-corrected chi connectivity index (χ1v) is 8.38. The van der Waals surface area contributed by atoms with Crippen molar-refractivity contribution in [2.24, 2.45) is 0 Å². The van der Waals surface area contributed by atoms with Crippen LogP contribution in [0.25, 0.3) is 0 Å². The fourth-order valence-corrected chi connectivity index (χ4v) is 3.27. The van der Waals surface area contributed by atoms with Crippen molar-refractivity contribution in [3.8, 4) is 0 Å². The molecule has 0 aliphatic carbocycles. The number of imide groups is 1. The van der Waals surface area contributed by atoms with Gasteiger partial charge in [-0.3, -0.25) is 19.5 Å². The number of piperazine rings is 1. The summed E-state index contributed by atoms with van der Waals surface area (Å²) in [7, 11) is 1.56. The predicted molar refractivity (Wildman–Crippen MR) is 92.2 cm³/mol. The maximum atomic E-state index is 12.4. The third-order valence-electron chi connectivity index (χ3n) is 4.59. The average molecular weight is 345 g/mol. The van der Waals surface area contributed by atoms with E-state index in [1.54, 1.807) is 11.9 Å². The number of likely N-dealkylation sites (N-methyl/N-ethyl adjacent to an activating group) is 1. The van der Waals surface area contributed by atoms with Gasteiger partial charge >= 0.3 is 6.03 Å². The molecule has 3 rings (SSSR count). The molecule has 2 aliphatic rings.